The van der Waals surface area contributed by atoms with E-state index >= 15 is 0 Å². The molecule has 3 rings (SSSR count). The molecule has 0 aliphatic rings. The molecular formula is C16H16N6O2. The molecule has 0 spiro atoms. The van der Waals surface area contributed by atoms with Gasteiger partial charge < -0.3 is 5.32 Å². The van der Waals surface area contributed by atoms with Crippen molar-refractivity contribution in [2.45, 2.75) is 13.8 Å². The molecule has 3 aromatic rings. The number of urea groups is 1. The van der Waals surface area contributed by atoms with Gasteiger partial charge in [-0.2, -0.15) is 4.98 Å². The van der Waals surface area contributed by atoms with Gasteiger partial charge >= 0.3 is 6.03 Å². The summed E-state index contributed by atoms with van der Waals surface area (Å²) in [6.07, 6.45) is 1.79. The van der Waals surface area contributed by atoms with E-state index in [0.717, 1.165) is 16.5 Å². The lowest BCUT2D eigenvalue weighted by atomic mass is 10.1. The maximum Gasteiger partial charge on any atom is 0.326 e. The minimum absolute atomic E-state index is 0.0879. The van der Waals surface area contributed by atoms with Crippen molar-refractivity contribution in [1.82, 2.24) is 15.0 Å². The Morgan fingerprint density at radius 3 is 2.62 bits per heavy atom. The van der Waals surface area contributed by atoms with Crippen molar-refractivity contribution in [2.24, 2.45) is 0 Å². The molecule has 2 heterocycles. The van der Waals surface area contributed by atoms with Crippen LogP contribution in [-0.2, 0) is 0 Å². The molecule has 0 radical (unpaired) electrons. The van der Waals surface area contributed by atoms with Crippen LogP contribution in [0.1, 0.15) is 11.4 Å². The van der Waals surface area contributed by atoms with Crippen LogP contribution in [0.2, 0.25) is 0 Å². The second-order valence-corrected chi connectivity index (χ2v) is 5.30. The van der Waals surface area contributed by atoms with Crippen LogP contribution in [-0.4, -0.2) is 26.2 Å². The Balaban J connectivity index is 1.76. The molecule has 122 valence electrons. The number of carbonyl (C=O) groups excluding carboxylic acids is 1. The molecule has 8 heteroatoms. The Bertz CT molecular complexity index is 912. The lowest BCUT2D eigenvalue weighted by Crippen LogP contribution is -2.21. The molecule has 0 saturated carbocycles. The first kappa shape index (κ1) is 15.6. The average molecular weight is 324 g/mol. The van der Waals surface area contributed by atoms with Gasteiger partial charge in [0.05, 0.1) is 0 Å². The van der Waals surface area contributed by atoms with Crippen molar-refractivity contribution in [3.63, 3.8) is 0 Å². The quantitative estimate of drug-likeness (QED) is 0.551. The van der Waals surface area contributed by atoms with Crippen LogP contribution in [0.5, 0.6) is 0 Å². The molecule has 0 fully saturated rings. The first-order chi connectivity index (χ1) is 11.5. The van der Waals surface area contributed by atoms with Gasteiger partial charge in [-0.15, -0.1) is 0 Å². The van der Waals surface area contributed by atoms with Crippen LogP contribution in [0.25, 0.3) is 10.8 Å². The zero-order valence-electron chi connectivity index (χ0n) is 13.2. The molecule has 0 aliphatic carbocycles. The zero-order chi connectivity index (χ0) is 17.1. The Kier molecular flexibility index (Phi) is 4.21. The predicted octanol–water partition coefficient (Wildman–Crippen LogP) is 3.09. The first-order valence-electron chi connectivity index (χ1n) is 7.24. The van der Waals surface area contributed by atoms with Gasteiger partial charge in [0.25, 0.3) is 0 Å². The van der Waals surface area contributed by atoms with Crippen molar-refractivity contribution in [2.75, 3.05) is 16.1 Å². The van der Waals surface area contributed by atoms with E-state index in [9.17, 15) is 4.79 Å². The monoisotopic (exact) mass is 324 g/mol. The van der Waals surface area contributed by atoms with Crippen molar-refractivity contribution in [3.05, 3.63) is 47.9 Å². The fourth-order valence-corrected chi connectivity index (χ4v) is 2.27. The second kappa shape index (κ2) is 6.47. The third-order valence-corrected chi connectivity index (χ3v) is 3.31. The van der Waals surface area contributed by atoms with Crippen molar-refractivity contribution < 1.29 is 10.0 Å². The molecule has 2 aromatic heterocycles. The molecule has 0 saturated heterocycles. The standard InChI is InChI=1S/C16H16N6O2/c1-9-5-12-7-13(4-3-11(12)8-17-9)19-16(23)21-15-18-10(2)6-14(20-15)22-24/h3-8,24H,1-2H3,(H3,18,19,20,21,22,23). The molecule has 0 unspecified atom stereocenters. The Labute approximate surface area is 137 Å². The van der Waals surface area contributed by atoms with Gasteiger partial charge in [0.15, 0.2) is 5.82 Å². The fourth-order valence-electron chi connectivity index (χ4n) is 2.27. The minimum Gasteiger partial charge on any atom is -0.308 e. The van der Waals surface area contributed by atoms with Gasteiger partial charge in [-0.3, -0.25) is 21.0 Å². The number of benzene rings is 1. The number of fused-ring (bicyclic) bond motifs is 1. The molecule has 8 nitrogen and oxygen atoms in total. The summed E-state index contributed by atoms with van der Waals surface area (Å²) in [5, 5.41) is 16.1. The first-order valence-corrected chi connectivity index (χ1v) is 7.24. The summed E-state index contributed by atoms with van der Waals surface area (Å²) in [4.78, 5) is 24.4. The number of nitrogens with one attached hydrogen (secondary N) is 3. The summed E-state index contributed by atoms with van der Waals surface area (Å²) in [7, 11) is 0. The van der Waals surface area contributed by atoms with Crippen LogP contribution in [0.3, 0.4) is 0 Å². The zero-order valence-corrected chi connectivity index (χ0v) is 13.2. The van der Waals surface area contributed by atoms with E-state index < -0.39 is 6.03 Å². The van der Waals surface area contributed by atoms with Crippen molar-refractivity contribution in [1.29, 1.82) is 0 Å². The largest absolute Gasteiger partial charge is 0.326 e. The summed E-state index contributed by atoms with van der Waals surface area (Å²) in [5.74, 6) is 0.288. The van der Waals surface area contributed by atoms with Gasteiger partial charge in [-0.05, 0) is 37.4 Å². The van der Waals surface area contributed by atoms with Crippen molar-refractivity contribution in [3.8, 4) is 0 Å². The Morgan fingerprint density at radius 2 is 1.83 bits per heavy atom. The van der Waals surface area contributed by atoms with E-state index in [0.29, 0.717) is 11.4 Å². The average Bonchev–Trinajstić information content (AvgIpc) is 2.53. The molecule has 1 aromatic carbocycles. The summed E-state index contributed by atoms with van der Waals surface area (Å²) >= 11 is 0. The topological polar surface area (TPSA) is 112 Å². The molecule has 4 N–H and O–H groups in total. The fraction of sp³-hybridized carbons (Fsp3) is 0.125. The van der Waals surface area contributed by atoms with Crippen LogP contribution < -0.4 is 16.1 Å². The minimum atomic E-state index is -0.477. The lowest BCUT2D eigenvalue weighted by molar-refractivity contribution is 0.262. The van der Waals surface area contributed by atoms with Crippen molar-refractivity contribution >= 4 is 34.3 Å². The number of pyridine rings is 1. The van der Waals surface area contributed by atoms with Crippen LogP contribution >= 0.6 is 0 Å². The molecular weight excluding hydrogens is 308 g/mol. The van der Waals surface area contributed by atoms with Crippen LogP contribution in [0, 0.1) is 13.8 Å². The highest BCUT2D eigenvalue weighted by Gasteiger charge is 2.07. The number of aryl methyl sites for hydroxylation is 2. The summed E-state index contributed by atoms with van der Waals surface area (Å²) in [6, 6.07) is 8.55. The number of anilines is 3. The van der Waals surface area contributed by atoms with Crippen LogP contribution in [0.4, 0.5) is 22.2 Å². The number of amides is 2. The highest BCUT2D eigenvalue weighted by molar-refractivity contribution is 6.00. The Hall–Kier alpha value is -3.26. The molecule has 0 bridgehead atoms. The molecule has 2 amide bonds. The maximum absolute atomic E-state index is 12.1. The predicted molar refractivity (Wildman–Crippen MR) is 91.3 cm³/mol. The van der Waals surface area contributed by atoms with E-state index in [2.05, 4.69) is 25.6 Å². The van der Waals surface area contributed by atoms with Gasteiger partial charge in [-0.1, -0.05) is 6.07 Å². The Morgan fingerprint density at radius 1 is 1.00 bits per heavy atom. The third-order valence-electron chi connectivity index (χ3n) is 3.31. The van der Waals surface area contributed by atoms with Gasteiger partial charge in [0.2, 0.25) is 5.95 Å². The number of nitrogens with zero attached hydrogens (tertiary/aromatic N) is 3. The number of hydrogen-bond acceptors (Lipinski definition) is 6. The smallest absolute Gasteiger partial charge is 0.308 e. The van der Waals surface area contributed by atoms with Crippen LogP contribution in [0.15, 0.2) is 36.5 Å². The van der Waals surface area contributed by atoms with E-state index in [1.807, 2.05) is 30.6 Å². The van der Waals surface area contributed by atoms with Gasteiger partial charge in [0.1, 0.15) is 0 Å². The summed E-state index contributed by atoms with van der Waals surface area (Å²) in [6.45, 7) is 3.64. The molecule has 24 heavy (non-hydrogen) atoms. The number of hydrogen-bond donors (Lipinski definition) is 4. The van der Waals surface area contributed by atoms with E-state index in [4.69, 9.17) is 5.21 Å². The van der Waals surface area contributed by atoms with Gasteiger partial charge in [0, 0.05) is 34.7 Å². The SMILES string of the molecule is Cc1cc2cc(NC(=O)Nc3nc(C)cc(NO)n3)ccc2cn1. The second-order valence-electron chi connectivity index (χ2n) is 5.30. The van der Waals surface area contributed by atoms with Gasteiger partial charge in [-0.25, -0.2) is 9.78 Å². The normalized spacial score (nSPS) is 10.5. The van der Waals surface area contributed by atoms with E-state index in [-0.39, 0.29) is 11.8 Å². The third kappa shape index (κ3) is 3.55. The molecule has 0 atom stereocenters. The summed E-state index contributed by atoms with van der Waals surface area (Å²) < 4.78 is 0. The molecule has 0 aliphatic heterocycles. The number of carbonyl (C=O) groups is 1. The highest BCUT2D eigenvalue weighted by atomic mass is 16.5. The van der Waals surface area contributed by atoms with E-state index in [1.165, 1.54) is 0 Å². The van der Waals surface area contributed by atoms with E-state index in [1.54, 1.807) is 25.3 Å². The summed E-state index contributed by atoms with van der Waals surface area (Å²) in [5.41, 5.74) is 4.07. The number of rotatable bonds is 3. The maximum atomic E-state index is 12.1. The number of aromatic nitrogens is 3. The lowest BCUT2D eigenvalue weighted by Gasteiger charge is -2.09. The highest BCUT2D eigenvalue weighted by Crippen LogP contribution is 2.19.